The van der Waals surface area contributed by atoms with Gasteiger partial charge in [0.2, 0.25) is 0 Å². The van der Waals surface area contributed by atoms with Gasteiger partial charge in [-0.2, -0.15) is 0 Å². The van der Waals surface area contributed by atoms with Gasteiger partial charge in [0.25, 0.3) is 5.91 Å². The third-order valence-corrected chi connectivity index (χ3v) is 2.69. The van der Waals surface area contributed by atoms with Crippen molar-refractivity contribution in [1.29, 1.82) is 0 Å². The lowest BCUT2D eigenvalue weighted by molar-refractivity contribution is 0.0945. The second kappa shape index (κ2) is 7.28. The third kappa shape index (κ3) is 4.48. The number of carbonyl (C=O) groups is 1. The molecule has 0 spiro atoms. The molecule has 2 aromatic heterocycles. The smallest absolute Gasteiger partial charge is 0.271 e. The van der Waals surface area contributed by atoms with Gasteiger partial charge >= 0.3 is 0 Å². The summed E-state index contributed by atoms with van der Waals surface area (Å²) in [5.74, 6) is 0.310. The van der Waals surface area contributed by atoms with E-state index < -0.39 is 0 Å². The van der Waals surface area contributed by atoms with Gasteiger partial charge < -0.3 is 10.6 Å². The number of aromatic nitrogens is 4. The van der Waals surface area contributed by atoms with Crippen molar-refractivity contribution in [3.05, 3.63) is 41.9 Å². The molecule has 0 saturated carbocycles. The summed E-state index contributed by atoms with van der Waals surface area (Å²) in [4.78, 5) is 28.5. The molecule has 2 heterocycles. The molecule has 0 aliphatic rings. The van der Waals surface area contributed by atoms with Crippen molar-refractivity contribution in [3.63, 3.8) is 0 Å². The molecule has 21 heavy (non-hydrogen) atoms. The highest BCUT2D eigenvalue weighted by Gasteiger charge is 2.09. The lowest BCUT2D eigenvalue weighted by Gasteiger charge is -2.06. The van der Waals surface area contributed by atoms with Crippen LogP contribution in [0.5, 0.6) is 0 Å². The molecular weight excluding hydrogens is 268 g/mol. The molecule has 1 amide bonds. The Morgan fingerprint density at radius 1 is 1.19 bits per heavy atom. The molecule has 0 fully saturated rings. The average Bonchev–Trinajstić information content (AvgIpc) is 2.52. The van der Waals surface area contributed by atoms with E-state index in [4.69, 9.17) is 0 Å². The fraction of sp³-hybridized carbons (Fsp3) is 0.357. The number of hydrogen-bond donors (Lipinski definition) is 2. The van der Waals surface area contributed by atoms with Crippen LogP contribution in [0.1, 0.15) is 35.2 Å². The number of hydrogen-bond acceptors (Lipinski definition) is 6. The van der Waals surface area contributed by atoms with Gasteiger partial charge in [-0.3, -0.25) is 19.7 Å². The highest BCUT2D eigenvalue weighted by molar-refractivity contribution is 5.92. The highest BCUT2D eigenvalue weighted by Crippen LogP contribution is 2.02. The van der Waals surface area contributed by atoms with Crippen LogP contribution in [0.3, 0.4) is 0 Å². The van der Waals surface area contributed by atoms with Gasteiger partial charge in [-0.25, -0.2) is 4.98 Å². The van der Waals surface area contributed by atoms with Gasteiger partial charge in [-0.1, -0.05) is 6.92 Å². The quantitative estimate of drug-likeness (QED) is 0.832. The highest BCUT2D eigenvalue weighted by atomic mass is 16.1. The fourth-order valence-electron chi connectivity index (χ4n) is 1.59. The van der Waals surface area contributed by atoms with E-state index in [1.165, 1.54) is 6.20 Å². The van der Waals surface area contributed by atoms with Gasteiger partial charge in [-0.05, 0) is 13.3 Å². The molecule has 0 unspecified atom stereocenters. The standard InChI is InChI=1S/C14H18N6O/c1-3-4-16-13-9-15-8-12(20-13)14(21)19-7-11-6-17-10(2)5-18-11/h5-6,8-9H,3-4,7H2,1-2H3,(H,16,20)(H,19,21). The van der Waals surface area contributed by atoms with Gasteiger partial charge in [0.05, 0.1) is 36.5 Å². The number of amides is 1. The molecule has 0 radical (unpaired) electrons. The Morgan fingerprint density at radius 2 is 2.05 bits per heavy atom. The molecule has 2 rings (SSSR count). The fourth-order valence-corrected chi connectivity index (χ4v) is 1.59. The van der Waals surface area contributed by atoms with E-state index in [0.29, 0.717) is 18.1 Å². The summed E-state index contributed by atoms with van der Waals surface area (Å²) < 4.78 is 0. The van der Waals surface area contributed by atoms with Crippen LogP contribution in [-0.2, 0) is 6.54 Å². The number of rotatable bonds is 6. The first kappa shape index (κ1) is 14.8. The Balaban J connectivity index is 1.95. The number of nitrogens with zero attached hydrogens (tertiary/aromatic N) is 4. The summed E-state index contributed by atoms with van der Waals surface area (Å²) >= 11 is 0. The summed E-state index contributed by atoms with van der Waals surface area (Å²) in [6.07, 6.45) is 7.31. The van der Waals surface area contributed by atoms with Crippen molar-refractivity contribution in [2.45, 2.75) is 26.8 Å². The third-order valence-electron chi connectivity index (χ3n) is 2.69. The van der Waals surface area contributed by atoms with Crippen molar-refractivity contribution >= 4 is 11.7 Å². The minimum Gasteiger partial charge on any atom is -0.369 e. The van der Waals surface area contributed by atoms with Gasteiger partial charge in [0.15, 0.2) is 0 Å². The maximum atomic E-state index is 12.0. The monoisotopic (exact) mass is 286 g/mol. The molecule has 0 aliphatic carbocycles. The first-order chi connectivity index (χ1) is 10.2. The van der Waals surface area contributed by atoms with Crippen molar-refractivity contribution in [2.24, 2.45) is 0 Å². The first-order valence-corrected chi connectivity index (χ1v) is 6.80. The number of carbonyl (C=O) groups excluding carboxylic acids is 1. The average molecular weight is 286 g/mol. The number of anilines is 1. The Labute approximate surface area is 123 Å². The lowest BCUT2D eigenvalue weighted by atomic mass is 10.3. The minimum atomic E-state index is -0.287. The SMILES string of the molecule is CCCNc1cncc(C(=O)NCc2cnc(C)cn2)n1. The van der Waals surface area contributed by atoms with Crippen molar-refractivity contribution < 1.29 is 4.79 Å². The van der Waals surface area contributed by atoms with E-state index in [9.17, 15) is 4.79 Å². The Kier molecular flexibility index (Phi) is 5.14. The molecule has 7 heteroatoms. The van der Waals surface area contributed by atoms with Crippen LogP contribution in [-0.4, -0.2) is 32.4 Å². The summed E-state index contributed by atoms with van der Waals surface area (Å²) in [5, 5.41) is 5.84. The molecule has 0 saturated heterocycles. The molecule has 7 nitrogen and oxygen atoms in total. The van der Waals surface area contributed by atoms with E-state index in [1.54, 1.807) is 18.6 Å². The molecule has 0 aliphatic heterocycles. The van der Waals surface area contributed by atoms with Crippen LogP contribution < -0.4 is 10.6 Å². The minimum absolute atomic E-state index is 0.274. The predicted molar refractivity (Wildman–Crippen MR) is 78.8 cm³/mol. The Bertz CT molecular complexity index is 599. The zero-order valence-corrected chi connectivity index (χ0v) is 12.1. The van der Waals surface area contributed by atoms with Crippen molar-refractivity contribution in [3.8, 4) is 0 Å². The molecule has 110 valence electrons. The van der Waals surface area contributed by atoms with E-state index in [1.807, 2.05) is 6.92 Å². The zero-order chi connectivity index (χ0) is 15.1. The normalized spacial score (nSPS) is 10.2. The van der Waals surface area contributed by atoms with E-state index in [-0.39, 0.29) is 11.6 Å². The maximum absolute atomic E-state index is 12.0. The summed E-state index contributed by atoms with van der Waals surface area (Å²) in [5.41, 5.74) is 1.81. The topological polar surface area (TPSA) is 92.7 Å². The second-order valence-corrected chi connectivity index (χ2v) is 4.55. The van der Waals surface area contributed by atoms with Crippen LogP contribution in [0.25, 0.3) is 0 Å². The van der Waals surface area contributed by atoms with Gasteiger partial charge in [0, 0.05) is 12.7 Å². The number of aryl methyl sites for hydroxylation is 1. The van der Waals surface area contributed by atoms with E-state index >= 15 is 0 Å². The van der Waals surface area contributed by atoms with Gasteiger partial charge in [0.1, 0.15) is 11.5 Å². The van der Waals surface area contributed by atoms with Crippen molar-refractivity contribution in [2.75, 3.05) is 11.9 Å². The van der Waals surface area contributed by atoms with Crippen LogP contribution in [0, 0.1) is 6.92 Å². The van der Waals surface area contributed by atoms with Crippen molar-refractivity contribution in [1.82, 2.24) is 25.3 Å². The Morgan fingerprint density at radius 3 is 2.76 bits per heavy atom. The number of nitrogens with one attached hydrogen (secondary N) is 2. The molecule has 0 atom stereocenters. The maximum Gasteiger partial charge on any atom is 0.271 e. The van der Waals surface area contributed by atoms with Crippen LogP contribution >= 0.6 is 0 Å². The summed E-state index contributed by atoms with van der Waals surface area (Å²) in [6, 6.07) is 0. The largest absolute Gasteiger partial charge is 0.369 e. The van der Waals surface area contributed by atoms with Crippen LogP contribution in [0.15, 0.2) is 24.8 Å². The molecule has 2 aromatic rings. The second-order valence-electron chi connectivity index (χ2n) is 4.55. The molecule has 2 N–H and O–H groups in total. The lowest BCUT2D eigenvalue weighted by Crippen LogP contribution is -2.25. The zero-order valence-electron chi connectivity index (χ0n) is 12.1. The molecular formula is C14H18N6O. The van der Waals surface area contributed by atoms with E-state index in [2.05, 4.69) is 37.5 Å². The van der Waals surface area contributed by atoms with Crippen LogP contribution in [0.4, 0.5) is 5.82 Å². The van der Waals surface area contributed by atoms with Crippen LogP contribution in [0.2, 0.25) is 0 Å². The van der Waals surface area contributed by atoms with Gasteiger partial charge in [-0.15, -0.1) is 0 Å². The first-order valence-electron chi connectivity index (χ1n) is 6.80. The molecule has 0 bridgehead atoms. The van der Waals surface area contributed by atoms with E-state index in [0.717, 1.165) is 18.7 Å². The summed E-state index contributed by atoms with van der Waals surface area (Å²) in [6.45, 7) is 5.01. The predicted octanol–water partition coefficient (Wildman–Crippen LogP) is 1.33. The Hall–Kier alpha value is -2.57. The summed E-state index contributed by atoms with van der Waals surface area (Å²) in [7, 11) is 0. The molecule has 0 aromatic carbocycles.